The number of carbonyl (C=O) groups is 1. The van der Waals surface area contributed by atoms with Crippen molar-refractivity contribution in [3.05, 3.63) is 16.7 Å². The highest BCUT2D eigenvalue weighted by Crippen LogP contribution is 2.44. The van der Waals surface area contributed by atoms with E-state index in [0.29, 0.717) is 5.56 Å². The van der Waals surface area contributed by atoms with Crippen LogP contribution in [0.4, 0.5) is 0 Å². The number of rotatable bonds is 17. The molecule has 0 atom stereocenters. The Balaban J connectivity index is 3.51. The minimum atomic E-state index is -4.26. The van der Waals surface area contributed by atoms with Gasteiger partial charge in [-0.1, -0.05) is 6.92 Å². The fourth-order valence-corrected chi connectivity index (χ4v) is 4.71. The van der Waals surface area contributed by atoms with E-state index in [4.69, 9.17) is 32.6 Å². The lowest BCUT2D eigenvalue weighted by Crippen LogP contribution is -2.17. The molecule has 0 bridgehead atoms. The van der Waals surface area contributed by atoms with Crippen molar-refractivity contribution in [1.29, 1.82) is 0 Å². The maximum absolute atomic E-state index is 12.8. The van der Waals surface area contributed by atoms with Crippen LogP contribution in [0.25, 0.3) is 0 Å². The first-order valence-corrected chi connectivity index (χ1v) is 15.8. The first-order chi connectivity index (χ1) is 17.0. The lowest BCUT2D eigenvalue weighted by Gasteiger charge is -2.24. The predicted octanol–water partition coefficient (Wildman–Crippen LogP) is 1.31. The molecule has 0 radical (unpaired) electrons. The van der Waals surface area contributed by atoms with E-state index in [-0.39, 0.29) is 73.9 Å². The topological polar surface area (TPSA) is 217 Å². The highest BCUT2D eigenvalue weighted by atomic mass is 32.2. The molecule has 214 valence electrons. The summed E-state index contributed by atoms with van der Waals surface area (Å²) < 4.78 is 115. The standard InChI is InChI=1S/C20H32O14S3/c1-4-15-17(32-8-5-11-35(22,23)24)14(2)18(33-9-6-12-36(25,26)27)16(20(21)31-3)19(15)34-10-7-13-37(28,29)30/h4-13H2,1-3H3,(H,22,23,24)(H,25,26,27)(H,28,29,30). The van der Waals surface area contributed by atoms with Gasteiger partial charge in [0, 0.05) is 11.1 Å². The highest BCUT2D eigenvalue weighted by molar-refractivity contribution is 7.86. The minimum absolute atomic E-state index is 0.0650. The van der Waals surface area contributed by atoms with Crippen LogP contribution in [0, 0.1) is 6.92 Å². The van der Waals surface area contributed by atoms with E-state index in [0.717, 1.165) is 7.11 Å². The van der Waals surface area contributed by atoms with Gasteiger partial charge in [-0.25, -0.2) is 4.79 Å². The van der Waals surface area contributed by atoms with Crippen molar-refractivity contribution >= 4 is 36.3 Å². The summed E-state index contributed by atoms with van der Waals surface area (Å²) in [6, 6.07) is 0. The van der Waals surface area contributed by atoms with Crippen molar-refractivity contribution in [3.63, 3.8) is 0 Å². The Kier molecular flexibility index (Phi) is 12.5. The Labute approximate surface area is 216 Å². The molecular formula is C20H32O14S3. The van der Waals surface area contributed by atoms with Crippen LogP contribution in [0.15, 0.2) is 0 Å². The summed E-state index contributed by atoms with van der Waals surface area (Å²) in [6.07, 6.45) is -0.112. The monoisotopic (exact) mass is 592 g/mol. The molecule has 1 aromatic rings. The number of ether oxygens (including phenoxy) is 4. The molecule has 17 heteroatoms. The SMILES string of the molecule is CCc1c(OCCCS(=O)(=O)O)c(C)c(OCCCS(=O)(=O)O)c(C(=O)OC)c1OCCCS(=O)(=O)O. The molecule has 0 amide bonds. The van der Waals surface area contributed by atoms with Gasteiger partial charge in [-0.05, 0) is 32.6 Å². The number of hydrogen-bond acceptors (Lipinski definition) is 11. The van der Waals surface area contributed by atoms with E-state index in [9.17, 15) is 30.0 Å². The summed E-state index contributed by atoms with van der Waals surface area (Å²) in [5.74, 6) is -2.65. The molecule has 37 heavy (non-hydrogen) atoms. The van der Waals surface area contributed by atoms with Crippen LogP contribution in [-0.2, 0) is 41.5 Å². The lowest BCUT2D eigenvalue weighted by atomic mass is 9.99. The normalized spacial score (nSPS) is 12.3. The van der Waals surface area contributed by atoms with Gasteiger partial charge in [0.2, 0.25) is 0 Å². The van der Waals surface area contributed by atoms with E-state index < -0.39 is 53.6 Å². The quantitative estimate of drug-likeness (QED) is 0.132. The molecule has 0 unspecified atom stereocenters. The van der Waals surface area contributed by atoms with E-state index in [1.807, 2.05) is 0 Å². The summed E-state index contributed by atoms with van der Waals surface area (Å²) in [5, 5.41) is 0. The summed E-state index contributed by atoms with van der Waals surface area (Å²) >= 11 is 0. The van der Waals surface area contributed by atoms with Crippen LogP contribution in [0.5, 0.6) is 17.2 Å². The van der Waals surface area contributed by atoms with Crippen molar-refractivity contribution in [2.75, 3.05) is 44.2 Å². The number of hydrogen-bond donors (Lipinski definition) is 3. The van der Waals surface area contributed by atoms with Gasteiger partial charge in [0.05, 0.1) is 44.2 Å². The van der Waals surface area contributed by atoms with Gasteiger partial charge in [0.15, 0.2) is 0 Å². The molecule has 0 saturated heterocycles. The molecule has 0 fully saturated rings. The molecule has 14 nitrogen and oxygen atoms in total. The molecule has 1 aromatic carbocycles. The van der Waals surface area contributed by atoms with Gasteiger partial charge in [-0.2, -0.15) is 25.3 Å². The van der Waals surface area contributed by atoms with Crippen molar-refractivity contribution in [3.8, 4) is 17.2 Å². The zero-order valence-electron chi connectivity index (χ0n) is 20.6. The van der Waals surface area contributed by atoms with Crippen LogP contribution < -0.4 is 14.2 Å². The maximum Gasteiger partial charge on any atom is 0.345 e. The third kappa shape index (κ3) is 11.8. The van der Waals surface area contributed by atoms with Crippen LogP contribution in [0.3, 0.4) is 0 Å². The molecule has 0 spiro atoms. The summed E-state index contributed by atoms with van der Waals surface area (Å²) in [4.78, 5) is 12.8. The fourth-order valence-electron chi connectivity index (χ4n) is 3.26. The Hall–Kier alpha value is -2.18. The average Bonchev–Trinajstić information content (AvgIpc) is 2.76. The van der Waals surface area contributed by atoms with Gasteiger partial charge in [-0.15, -0.1) is 0 Å². The van der Waals surface area contributed by atoms with Crippen LogP contribution in [-0.4, -0.2) is 89.1 Å². The zero-order chi connectivity index (χ0) is 28.4. The number of carbonyl (C=O) groups excluding carboxylic acids is 1. The number of methoxy groups -OCH3 is 1. The lowest BCUT2D eigenvalue weighted by molar-refractivity contribution is 0.0590. The van der Waals surface area contributed by atoms with E-state index >= 15 is 0 Å². The van der Waals surface area contributed by atoms with Crippen LogP contribution in [0.2, 0.25) is 0 Å². The van der Waals surface area contributed by atoms with Crippen molar-refractivity contribution in [1.82, 2.24) is 0 Å². The van der Waals surface area contributed by atoms with Gasteiger partial charge in [0.1, 0.15) is 22.8 Å². The van der Waals surface area contributed by atoms with Gasteiger partial charge < -0.3 is 18.9 Å². The Morgan fingerprint density at radius 2 is 1.08 bits per heavy atom. The second kappa shape index (κ2) is 14.1. The fraction of sp³-hybridized carbons (Fsp3) is 0.650. The minimum Gasteiger partial charge on any atom is -0.493 e. The first kappa shape index (κ1) is 32.8. The third-order valence-electron chi connectivity index (χ3n) is 4.81. The molecule has 0 aliphatic rings. The van der Waals surface area contributed by atoms with Crippen molar-refractivity contribution < 1.29 is 62.7 Å². The molecule has 0 aliphatic carbocycles. The van der Waals surface area contributed by atoms with Gasteiger partial charge in [-0.3, -0.25) is 13.7 Å². The summed E-state index contributed by atoms with van der Waals surface area (Å²) in [5.41, 5.74) is 0.448. The van der Waals surface area contributed by atoms with Crippen LogP contribution in [0.1, 0.15) is 47.7 Å². The molecule has 1 rings (SSSR count). The van der Waals surface area contributed by atoms with E-state index in [2.05, 4.69) is 0 Å². The summed E-state index contributed by atoms with van der Waals surface area (Å²) in [7, 11) is -11.6. The second-order valence-corrected chi connectivity index (χ2v) is 12.5. The van der Waals surface area contributed by atoms with E-state index in [1.165, 1.54) is 6.92 Å². The molecular weight excluding hydrogens is 560 g/mol. The average molecular weight is 593 g/mol. The Morgan fingerprint density at radius 1 is 0.703 bits per heavy atom. The Morgan fingerprint density at radius 3 is 1.43 bits per heavy atom. The predicted molar refractivity (Wildman–Crippen MR) is 131 cm³/mol. The van der Waals surface area contributed by atoms with E-state index in [1.54, 1.807) is 6.92 Å². The van der Waals surface area contributed by atoms with Gasteiger partial charge in [0.25, 0.3) is 30.4 Å². The number of benzene rings is 1. The zero-order valence-corrected chi connectivity index (χ0v) is 23.1. The van der Waals surface area contributed by atoms with Gasteiger partial charge >= 0.3 is 5.97 Å². The molecule has 0 aliphatic heterocycles. The van der Waals surface area contributed by atoms with Crippen LogP contribution >= 0.6 is 0 Å². The largest absolute Gasteiger partial charge is 0.493 e. The second-order valence-electron chi connectivity index (χ2n) is 7.78. The Bertz CT molecular complexity index is 1250. The third-order valence-corrected chi connectivity index (χ3v) is 7.22. The molecule has 0 saturated carbocycles. The number of esters is 1. The molecule has 0 heterocycles. The first-order valence-electron chi connectivity index (χ1n) is 11.0. The van der Waals surface area contributed by atoms with Crippen molar-refractivity contribution in [2.45, 2.75) is 39.5 Å². The highest BCUT2D eigenvalue weighted by Gasteiger charge is 2.30. The summed E-state index contributed by atoms with van der Waals surface area (Å²) in [6.45, 7) is 2.59. The molecule has 0 aromatic heterocycles. The molecule has 3 N–H and O–H groups in total. The maximum atomic E-state index is 12.8. The van der Waals surface area contributed by atoms with Crippen molar-refractivity contribution in [2.24, 2.45) is 0 Å². The smallest absolute Gasteiger partial charge is 0.345 e.